The minimum absolute atomic E-state index is 0.0453. The number of carbonyl (C=O) groups is 1. The van der Waals surface area contributed by atoms with Crippen molar-refractivity contribution in [3.63, 3.8) is 0 Å². The van der Waals surface area contributed by atoms with Crippen molar-refractivity contribution >= 4 is 6.29 Å². The largest absolute Gasteiger partial charge is 0.392 e. The van der Waals surface area contributed by atoms with Gasteiger partial charge in [0.25, 0.3) is 0 Å². The summed E-state index contributed by atoms with van der Waals surface area (Å²) >= 11 is 0. The maximum atomic E-state index is 11.6. The lowest BCUT2D eigenvalue weighted by molar-refractivity contribution is -0.125. The van der Waals surface area contributed by atoms with Gasteiger partial charge in [0, 0.05) is 6.42 Å². The molecule has 0 unspecified atom stereocenters. The molecule has 0 aromatic rings. The molecule has 0 fully saturated rings. The smallest absolute Gasteiger partial charge is 0.392 e. The van der Waals surface area contributed by atoms with Gasteiger partial charge in [-0.1, -0.05) is 12.2 Å². The molecule has 5 heteroatoms. The fraction of sp³-hybridized carbons (Fsp3) is 0.625. The summed E-state index contributed by atoms with van der Waals surface area (Å²) in [5.74, 6) is 0. The number of aliphatic hydroxyl groups is 1. The fourth-order valence-electron chi connectivity index (χ4n) is 0.678. The first-order valence-corrected chi connectivity index (χ1v) is 3.79. The summed E-state index contributed by atoms with van der Waals surface area (Å²) < 4.78 is 34.7. The van der Waals surface area contributed by atoms with E-state index >= 15 is 0 Å². The van der Waals surface area contributed by atoms with E-state index in [4.69, 9.17) is 5.11 Å². The lowest BCUT2D eigenvalue weighted by Crippen LogP contribution is -2.06. The average molecular weight is 196 g/mol. The van der Waals surface area contributed by atoms with Crippen LogP contribution in [0.5, 0.6) is 0 Å². The highest BCUT2D eigenvalue weighted by molar-refractivity contribution is 5.50. The van der Waals surface area contributed by atoms with Crippen LogP contribution in [0.15, 0.2) is 12.2 Å². The molecule has 0 aromatic heterocycles. The Labute approximate surface area is 74.1 Å². The van der Waals surface area contributed by atoms with E-state index in [9.17, 15) is 18.0 Å². The van der Waals surface area contributed by atoms with Gasteiger partial charge in [0.2, 0.25) is 0 Å². The Hall–Kier alpha value is -0.840. The predicted octanol–water partition coefficient (Wildman–Crippen LogP) is 1.83. The average Bonchev–Trinajstić information content (AvgIpc) is 1.97. The van der Waals surface area contributed by atoms with Crippen molar-refractivity contribution in [1.29, 1.82) is 0 Å². The molecule has 0 aromatic carbocycles. The van der Waals surface area contributed by atoms with Gasteiger partial charge in [-0.3, -0.25) is 0 Å². The molecule has 0 spiro atoms. The molecule has 0 saturated carbocycles. The standard InChI is InChI=1S/C8H11F3O2/c9-8(10,11)5-2-1-3-7(13)4-6-12/h1-2,6-7,13H,3-5H2/b2-1-/t7-/m0/s1. The van der Waals surface area contributed by atoms with E-state index in [1.54, 1.807) is 0 Å². The monoisotopic (exact) mass is 196 g/mol. The molecule has 0 amide bonds. The number of carbonyl (C=O) groups excluding carboxylic acids is 1. The Morgan fingerprint density at radius 1 is 1.23 bits per heavy atom. The number of alkyl halides is 3. The Balaban J connectivity index is 3.57. The zero-order chi connectivity index (χ0) is 10.3. The second-order valence-corrected chi connectivity index (χ2v) is 2.58. The van der Waals surface area contributed by atoms with Gasteiger partial charge in [-0.15, -0.1) is 0 Å². The van der Waals surface area contributed by atoms with Crippen LogP contribution in [0.1, 0.15) is 19.3 Å². The maximum absolute atomic E-state index is 11.6. The molecular formula is C8H11F3O2. The SMILES string of the molecule is O=CC[C@@H](O)C/C=C\CC(F)(F)F. The van der Waals surface area contributed by atoms with Crippen LogP contribution in [0.2, 0.25) is 0 Å². The van der Waals surface area contributed by atoms with Gasteiger partial charge in [-0.05, 0) is 6.42 Å². The van der Waals surface area contributed by atoms with Crippen molar-refractivity contribution < 1.29 is 23.1 Å². The van der Waals surface area contributed by atoms with Crippen molar-refractivity contribution in [3.05, 3.63) is 12.2 Å². The molecule has 0 rings (SSSR count). The van der Waals surface area contributed by atoms with Gasteiger partial charge in [0.1, 0.15) is 6.29 Å². The number of hydrogen-bond donors (Lipinski definition) is 1. The molecule has 1 atom stereocenters. The van der Waals surface area contributed by atoms with Crippen molar-refractivity contribution in [2.75, 3.05) is 0 Å². The molecule has 0 radical (unpaired) electrons. The van der Waals surface area contributed by atoms with E-state index < -0.39 is 18.7 Å². The molecule has 0 aliphatic rings. The summed E-state index contributed by atoms with van der Waals surface area (Å²) in [6, 6.07) is 0. The number of allylic oxidation sites excluding steroid dienone is 1. The van der Waals surface area contributed by atoms with E-state index in [2.05, 4.69) is 0 Å². The Bertz CT molecular complexity index is 175. The molecule has 0 aliphatic heterocycles. The van der Waals surface area contributed by atoms with Crippen LogP contribution < -0.4 is 0 Å². The highest BCUT2D eigenvalue weighted by Gasteiger charge is 2.24. The zero-order valence-electron chi connectivity index (χ0n) is 6.92. The van der Waals surface area contributed by atoms with Gasteiger partial charge in [0.15, 0.2) is 0 Å². The van der Waals surface area contributed by atoms with Crippen LogP contribution in [-0.4, -0.2) is 23.7 Å². The quantitative estimate of drug-likeness (QED) is 0.538. The first-order valence-electron chi connectivity index (χ1n) is 3.79. The van der Waals surface area contributed by atoms with Crippen molar-refractivity contribution in [1.82, 2.24) is 0 Å². The molecule has 13 heavy (non-hydrogen) atoms. The van der Waals surface area contributed by atoms with E-state index in [1.165, 1.54) is 6.08 Å². The van der Waals surface area contributed by atoms with Crippen LogP contribution >= 0.6 is 0 Å². The van der Waals surface area contributed by atoms with Crippen LogP contribution in [0.25, 0.3) is 0 Å². The van der Waals surface area contributed by atoms with E-state index in [0.29, 0.717) is 6.29 Å². The van der Waals surface area contributed by atoms with Gasteiger partial charge >= 0.3 is 6.18 Å². The molecule has 0 heterocycles. The Morgan fingerprint density at radius 2 is 1.85 bits per heavy atom. The molecule has 0 aliphatic carbocycles. The normalized spacial score (nSPS) is 14.8. The third kappa shape index (κ3) is 9.07. The lowest BCUT2D eigenvalue weighted by Gasteiger charge is -2.02. The van der Waals surface area contributed by atoms with Crippen LogP contribution in [0.4, 0.5) is 13.2 Å². The second-order valence-electron chi connectivity index (χ2n) is 2.58. The summed E-state index contributed by atoms with van der Waals surface area (Å²) in [6.45, 7) is 0. The summed E-state index contributed by atoms with van der Waals surface area (Å²) in [4.78, 5) is 9.84. The fourth-order valence-corrected chi connectivity index (χ4v) is 0.678. The molecule has 2 nitrogen and oxygen atoms in total. The molecule has 1 N–H and O–H groups in total. The predicted molar refractivity (Wildman–Crippen MR) is 41.1 cm³/mol. The number of aliphatic hydroxyl groups excluding tert-OH is 1. The van der Waals surface area contributed by atoms with E-state index in [0.717, 1.165) is 6.08 Å². The van der Waals surface area contributed by atoms with E-state index in [1.807, 2.05) is 0 Å². The summed E-state index contributed by atoms with van der Waals surface area (Å²) in [6.07, 6.45) is -3.35. The minimum atomic E-state index is -4.20. The number of hydrogen-bond acceptors (Lipinski definition) is 2. The van der Waals surface area contributed by atoms with Gasteiger partial charge < -0.3 is 9.90 Å². The topological polar surface area (TPSA) is 37.3 Å². The summed E-state index contributed by atoms with van der Waals surface area (Å²) in [7, 11) is 0. The molecule has 76 valence electrons. The summed E-state index contributed by atoms with van der Waals surface area (Å²) in [5, 5.41) is 8.91. The molecular weight excluding hydrogens is 185 g/mol. The highest BCUT2D eigenvalue weighted by Crippen LogP contribution is 2.19. The van der Waals surface area contributed by atoms with Crippen molar-refractivity contribution in [2.24, 2.45) is 0 Å². The molecule has 0 saturated heterocycles. The van der Waals surface area contributed by atoms with Crippen molar-refractivity contribution in [2.45, 2.75) is 31.5 Å². The third-order valence-electron chi connectivity index (χ3n) is 1.29. The number of aldehydes is 1. The van der Waals surface area contributed by atoms with Gasteiger partial charge in [-0.2, -0.15) is 13.2 Å². The first-order chi connectivity index (χ1) is 5.95. The van der Waals surface area contributed by atoms with Crippen LogP contribution in [0, 0.1) is 0 Å². The second kappa shape index (κ2) is 5.75. The first kappa shape index (κ1) is 12.2. The minimum Gasteiger partial charge on any atom is -0.392 e. The number of halogens is 3. The lowest BCUT2D eigenvalue weighted by atomic mass is 10.2. The number of rotatable bonds is 5. The van der Waals surface area contributed by atoms with Gasteiger partial charge in [0.05, 0.1) is 12.5 Å². The molecule has 0 bridgehead atoms. The highest BCUT2D eigenvalue weighted by atomic mass is 19.4. The maximum Gasteiger partial charge on any atom is 0.392 e. The Kier molecular flexibility index (Phi) is 5.37. The zero-order valence-corrected chi connectivity index (χ0v) is 6.92. The van der Waals surface area contributed by atoms with E-state index in [-0.39, 0.29) is 12.8 Å². The third-order valence-corrected chi connectivity index (χ3v) is 1.29. The van der Waals surface area contributed by atoms with Crippen LogP contribution in [-0.2, 0) is 4.79 Å². The van der Waals surface area contributed by atoms with Crippen LogP contribution in [0.3, 0.4) is 0 Å². The Morgan fingerprint density at radius 3 is 2.31 bits per heavy atom. The van der Waals surface area contributed by atoms with Crippen molar-refractivity contribution in [3.8, 4) is 0 Å². The summed E-state index contributed by atoms with van der Waals surface area (Å²) in [5.41, 5.74) is 0. The van der Waals surface area contributed by atoms with Gasteiger partial charge in [-0.25, -0.2) is 0 Å².